The van der Waals surface area contributed by atoms with Crippen LogP contribution in [-0.4, -0.2) is 63.4 Å². The number of pyridine rings is 1. The van der Waals surface area contributed by atoms with E-state index < -0.39 is 0 Å². The van der Waals surface area contributed by atoms with Crippen LogP contribution in [-0.2, 0) is 4.79 Å². The van der Waals surface area contributed by atoms with Crippen molar-refractivity contribution in [2.75, 3.05) is 18.4 Å². The third kappa shape index (κ3) is 5.23. The highest BCUT2D eigenvalue weighted by atomic mass is 16.2. The third-order valence-corrected chi connectivity index (χ3v) is 8.53. The molecule has 3 unspecified atom stereocenters. The van der Waals surface area contributed by atoms with Crippen molar-refractivity contribution < 1.29 is 9.59 Å². The zero-order valence-electron chi connectivity index (χ0n) is 22.5. The van der Waals surface area contributed by atoms with Crippen LogP contribution in [0.15, 0.2) is 71.0 Å². The van der Waals surface area contributed by atoms with Gasteiger partial charge < -0.3 is 26.6 Å². The number of amides is 2. The fourth-order valence-corrected chi connectivity index (χ4v) is 6.36. The molecule has 2 amide bonds. The Hall–Kier alpha value is -4.05. The SMILES string of the molecule is NC1=NC=CN2C(C3CCCN(C(=O)C4CCC(N)CC4)C3)=NC(c3ccc(C(=O)Nc4ccccn4)cc3)C12. The summed E-state index contributed by atoms with van der Waals surface area (Å²) >= 11 is 0. The van der Waals surface area contributed by atoms with Gasteiger partial charge in [-0.05, 0) is 68.4 Å². The van der Waals surface area contributed by atoms with Gasteiger partial charge in [-0.25, -0.2) is 9.98 Å². The van der Waals surface area contributed by atoms with Crippen LogP contribution in [0.4, 0.5) is 5.82 Å². The summed E-state index contributed by atoms with van der Waals surface area (Å²) in [5.74, 6) is 2.19. The standard InChI is InChI=1S/C30H36N8O2/c31-23-12-10-21(11-13-23)30(40)37-16-3-4-22(18-37)28-36-25(26-27(32)34-15-17-38(26)28)19-6-8-20(9-7-19)29(39)35-24-5-1-2-14-33-24/h1-2,5-9,14-15,17,21-23,25-26H,3-4,10-13,16,18,31H2,(H2,32,34)(H,33,35,39). The molecule has 10 nitrogen and oxygen atoms in total. The fourth-order valence-electron chi connectivity index (χ4n) is 6.36. The van der Waals surface area contributed by atoms with Crippen LogP contribution >= 0.6 is 0 Å². The quantitative estimate of drug-likeness (QED) is 0.532. The highest BCUT2D eigenvalue weighted by Crippen LogP contribution is 2.37. The molecule has 2 aromatic rings. The number of amidine groups is 2. The summed E-state index contributed by atoms with van der Waals surface area (Å²) in [6.45, 7) is 1.45. The van der Waals surface area contributed by atoms with E-state index in [1.807, 2.05) is 29.3 Å². The second kappa shape index (κ2) is 11.2. The minimum Gasteiger partial charge on any atom is -0.385 e. The zero-order valence-corrected chi connectivity index (χ0v) is 22.5. The highest BCUT2D eigenvalue weighted by molar-refractivity contribution is 6.04. The average molecular weight is 541 g/mol. The maximum absolute atomic E-state index is 13.4. The van der Waals surface area contributed by atoms with E-state index in [0.29, 0.717) is 23.8 Å². The number of hydrogen-bond acceptors (Lipinski definition) is 8. The first kappa shape index (κ1) is 26.2. The van der Waals surface area contributed by atoms with Gasteiger partial charge in [0.15, 0.2) is 0 Å². The number of benzene rings is 1. The molecule has 1 aromatic heterocycles. The number of likely N-dealkylation sites (tertiary alicyclic amines) is 1. The van der Waals surface area contributed by atoms with Crippen molar-refractivity contribution >= 4 is 29.3 Å². The molecule has 4 aliphatic rings. The summed E-state index contributed by atoms with van der Waals surface area (Å²) in [5, 5.41) is 2.82. The van der Waals surface area contributed by atoms with Gasteiger partial charge in [0.25, 0.3) is 5.91 Å². The van der Waals surface area contributed by atoms with Crippen molar-refractivity contribution in [1.29, 1.82) is 0 Å². The molecule has 3 aliphatic heterocycles. The van der Waals surface area contributed by atoms with Gasteiger partial charge in [0, 0.05) is 55.1 Å². The van der Waals surface area contributed by atoms with Crippen LogP contribution in [0, 0.1) is 11.8 Å². The predicted molar refractivity (Wildman–Crippen MR) is 154 cm³/mol. The lowest BCUT2D eigenvalue weighted by molar-refractivity contribution is -0.138. The van der Waals surface area contributed by atoms with Gasteiger partial charge in [0.05, 0.1) is 0 Å². The first-order valence-electron chi connectivity index (χ1n) is 14.2. The monoisotopic (exact) mass is 540 g/mol. The van der Waals surface area contributed by atoms with Gasteiger partial charge in [-0.2, -0.15) is 0 Å². The average Bonchev–Trinajstić information content (AvgIpc) is 3.39. The highest BCUT2D eigenvalue weighted by Gasteiger charge is 2.43. The summed E-state index contributed by atoms with van der Waals surface area (Å²) in [5.41, 5.74) is 14.0. The number of hydrogen-bond donors (Lipinski definition) is 3. The van der Waals surface area contributed by atoms with E-state index >= 15 is 0 Å². The summed E-state index contributed by atoms with van der Waals surface area (Å²) in [6.07, 6.45) is 10.8. The number of rotatable bonds is 5. The number of fused-ring (bicyclic) bond motifs is 1. The van der Waals surface area contributed by atoms with Gasteiger partial charge in [0.1, 0.15) is 29.6 Å². The van der Waals surface area contributed by atoms with E-state index in [9.17, 15) is 9.59 Å². The van der Waals surface area contributed by atoms with Crippen LogP contribution in [0.3, 0.4) is 0 Å². The maximum atomic E-state index is 13.4. The van der Waals surface area contributed by atoms with Crippen LogP contribution < -0.4 is 16.8 Å². The molecule has 1 saturated heterocycles. The Bertz CT molecular complexity index is 1330. The van der Waals surface area contributed by atoms with E-state index in [1.54, 1.807) is 36.7 Å². The molecule has 1 aliphatic carbocycles. The molecular weight excluding hydrogens is 504 g/mol. The zero-order chi connectivity index (χ0) is 27.6. The minimum absolute atomic E-state index is 0.0793. The summed E-state index contributed by atoms with van der Waals surface area (Å²) in [7, 11) is 0. The lowest BCUT2D eigenvalue weighted by Gasteiger charge is -2.38. The third-order valence-electron chi connectivity index (χ3n) is 8.53. The molecule has 10 heteroatoms. The van der Waals surface area contributed by atoms with Gasteiger partial charge in [-0.15, -0.1) is 0 Å². The molecule has 1 saturated carbocycles. The maximum Gasteiger partial charge on any atom is 0.256 e. The van der Waals surface area contributed by atoms with Crippen LogP contribution in [0.25, 0.3) is 0 Å². The smallest absolute Gasteiger partial charge is 0.256 e. The number of aromatic nitrogens is 1. The molecule has 0 bridgehead atoms. The van der Waals surface area contributed by atoms with Crippen molar-refractivity contribution in [3.63, 3.8) is 0 Å². The summed E-state index contributed by atoms with van der Waals surface area (Å²) < 4.78 is 0. The normalized spacial score (nSPS) is 28.0. The Morgan fingerprint density at radius 1 is 1.00 bits per heavy atom. The lowest BCUT2D eigenvalue weighted by atomic mass is 9.84. The van der Waals surface area contributed by atoms with E-state index in [2.05, 4.69) is 20.2 Å². The second-order valence-corrected chi connectivity index (χ2v) is 11.2. The number of nitrogens with two attached hydrogens (primary N) is 2. The van der Waals surface area contributed by atoms with Crippen molar-refractivity contribution in [3.8, 4) is 0 Å². The number of anilines is 1. The first-order valence-corrected chi connectivity index (χ1v) is 14.2. The predicted octanol–water partition coefficient (Wildman–Crippen LogP) is 3.06. The van der Waals surface area contributed by atoms with E-state index in [1.165, 1.54) is 0 Å². The van der Waals surface area contributed by atoms with Crippen molar-refractivity contribution in [1.82, 2.24) is 14.8 Å². The Kier molecular flexibility index (Phi) is 7.34. The number of carbonyl (C=O) groups excluding carboxylic acids is 2. The number of nitrogens with zero attached hydrogens (tertiary/aromatic N) is 5. The minimum atomic E-state index is -0.262. The van der Waals surface area contributed by atoms with Crippen LogP contribution in [0.2, 0.25) is 0 Å². The number of piperidine rings is 1. The van der Waals surface area contributed by atoms with Gasteiger partial charge in [0.2, 0.25) is 5.91 Å². The van der Waals surface area contributed by atoms with Gasteiger partial charge in [-0.1, -0.05) is 18.2 Å². The van der Waals surface area contributed by atoms with E-state index in [-0.39, 0.29) is 41.8 Å². The van der Waals surface area contributed by atoms with Gasteiger partial charge in [-0.3, -0.25) is 14.6 Å². The fraction of sp³-hybridized carbons (Fsp3) is 0.433. The molecular formula is C30H36N8O2. The molecule has 1 aromatic carbocycles. The van der Waals surface area contributed by atoms with Crippen molar-refractivity contribution in [2.24, 2.45) is 33.3 Å². The molecule has 3 atom stereocenters. The number of nitrogens with one attached hydrogen (secondary N) is 1. The Morgan fingerprint density at radius 2 is 1.80 bits per heavy atom. The first-order chi connectivity index (χ1) is 19.5. The number of aliphatic imine (C=N–C) groups is 2. The van der Waals surface area contributed by atoms with Crippen LogP contribution in [0.1, 0.15) is 60.5 Å². The Morgan fingerprint density at radius 3 is 2.55 bits per heavy atom. The molecule has 6 rings (SSSR count). The topological polar surface area (TPSA) is 142 Å². The molecule has 2 fully saturated rings. The molecule has 40 heavy (non-hydrogen) atoms. The van der Waals surface area contributed by atoms with Gasteiger partial charge >= 0.3 is 0 Å². The molecule has 208 valence electrons. The van der Waals surface area contributed by atoms with E-state index in [0.717, 1.165) is 56.5 Å². The van der Waals surface area contributed by atoms with Crippen LogP contribution in [0.5, 0.6) is 0 Å². The van der Waals surface area contributed by atoms with Crippen molar-refractivity contribution in [2.45, 2.75) is 56.7 Å². The van der Waals surface area contributed by atoms with E-state index in [4.69, 9.17) is 16.5 Å². The molecule has 0 spiro atoms. The second-order valence-electron chi connectivity index (χ2n) is 11.2. The van der Waals surface area contributed by atoms with Crippen molar-refractivity contribution in [3.05, 3.63) is 72.2 Å². The summed E-state index contributed by atoms with van der Waals surface area (Å²) in [4.78, 5) is 44.0. The lowest BCUT2D eigenvalue weighted by Crippen LogP contribution is -2.50. The molecule has 0 radical (unpaired) electrons. The Labute approximate surface area is 234 Å². The molecule has 5 N–H and O–H groups in total. The summed E-state index contributed by atoms with van der Waals surface area (Å²) in [6, 6.07) is 12.6. The largest absolute Gasteiger partial charge is 0.385 e. The Balaban J connectivity index is 1.20. The number of carbonyl (C=O) groups is 2. The molecule has 4 heterocycles.